The third kappa shape index (κ3) is 4.04. The van der Waals surface area contributed by atoms with Gasteiger partial charge in [-0.2, -0.15) is 0 Å². The first kappa shape index (κ1) is 17.8. The molecule has 2 heterocycles. The topological polar surface area (TPSA) is 60.1 Å². The van der Waals surface area contributed by atoms with E-state index >= 15 is 0 Å². The van der Waals surface area contributed by atoms with Crippen LogP contribution < -0.4 is 5.32 Å². The van der Waals surface area contributed by atoms with Crippen LogP contribution in [-0.4, -0.2) is 15.6 Å². The molecule has 2 aromatic heterocycles. The molecule has 0 bridgehead atoms. The van der Waals surface area contributed by atoms with Crippen LogP contribution in [0.5, 0.6) is 0 Å². The summed E-state index contributed by atoms with van der Waals surface area (Å²) in [5, 5.41) is 6.71. The summed E-state index contributed by atoms with van der Waals surface area (Å²) >= 11 is 0. The van der Waals surface area contributed by atoms with Crippen molar-refractivity contribution in [3.8, 4) is 11.3 Å². The molecule has 0 aliphatic heterocycles. The maximum atomic E-state index is 12.7. The van der Waals surface area contributed by atoms with Crippen LogP contribution in [0.2, 0.25) is 0 Å². The minimum absolute atomic E-state index is 0.0346. The van der Waals surface area contributed by atoms with Crippen LogP contribution in [0.3, 0.4) is 0 Å². The Morgan fingerprint density at radius 2 is 1.86 bits per heavy atom. The Kier molecular flexibility index (Phi) is 5.06. The molecule has 140 valence electrons. The summed E-state index contributed by atoms with van der Waals surface area (Å²) in [6, 6.07) is 21.5. The molecule has 4 aromatic rings. The van der Waals surface area contributed by atoms with Crippen LogP contribution in [0, 0.1) is 6.92 Å². The van der Waals surface area contributed by atoms with Crippen molar-refractivity contribution in [2.75, 3.05) is 5.32 Å². The molecular formula is C23H21N3O2. The normalized spacial score (nSPS) is 11.9. The largest absolute Gasteiger partial charge is 0.356 e. The summed E-state index contributed by atoms with van der Waals surface area (Å²) in [5.74, 6) is 0.664. The van der Waals surface area contributed by atoms with Gasteiger partial charge in [-0.1, -0.05) is 35.0 Å². The highest BCUT2D eigenvalue weighted by Gasteiger charge is 2.17. The zero-order valence-electron chi connectivity index (χ0n) is 15.6. The fourth-order valence-electron chi connectivity index (χ4n) is 3.30. The number of benzene rings is 2. The first-order valence-electron chi connectivity index (χ1n) is 9.19. The van der Waals surface area contributed by atoms with Gasteiger partial charge in [0.1, 0.15) is 0 Å². The van der Waals surface area contributed by atoms with E-state index < -0.39 is 0 Å². The number of amides is 1. The molecule has 2 aromatic carbocycles. The average Bonchev–Trinajstić information content (AvgIpc) is 3.41. The SMILES string of the molecule is Cc1cccc([C@H](CC(=O)Nc2ccc(-c3ccno3)cc2)n2cccc2)c1. The van der Waals surface area contributed by atoms with E-state index in [1.165, 1.54) is 5.56 Å². The standard InChI is InChI=1S/C23H21N3O2/c1-17-5-4-6-19(15-17)21(26-13-2-3-14-26)16-23(27)25-20-9-7-18(8-10-20)22-11-12-24-28-22/h2-15,21H,16H2,1H3,(H,25,27)/t21-/m0/s1. The summed E-state index contributed by atoms with van der Waals surface area (Å²) in [6.07, 6.45) is 5.94. The van der Waals surface area contributed by atoms with Crippen LogP contribution in [0.25, 0.3) is 11.3 Å². The van der Waals surface area contributed by atoms with Crippen molar-refractivity contribution in [3.63, 3.8) is 0 Å². The van der Waals surface area contributed by atoms with Gasteiger partial charge in [0.2, 0.25) is 5.91 Å². The minimum Gasteiger partial charge on any atom is -0.356 e. The number of rotatable bonds is 6. The monoisotopic (exact) mass is 371 g/mol. The zero-order valence-corrected chi connectivity index (χ0v) is 15.6. The molecule has 1 amide bonds. The maximum Gasteiger partial charge on any atom is 0.226 e. The molecule has 0 saturated carbocycles. The van der Waals surface area contributed by atoms with Crippen molar-refractivity contribution >= 4 is 11.6 Å². The van der Waals surface area contributed by atoms with Gasteiger partial charge < -0.3 is 14.4 Å². The third-order valence-corrected chi connectivity index (χ3v) is 4.68. The minimum atomic E-state index is -0.0524. The Labute approximate surface area is 163 Å². The highest BCUT2D eigenvalue weighted by Crippen LogP contribution is 2.25. The second kappa shape index (κ2) is 7.96. The summed E-state index contributed by atoms with van der Waals surface area (Å²) in [7, 11) is 0. The van der Waals surface area contributed by atoms with Crippen molar-refractivity contribution in [1.82, 2.24) is 9.72 Å². The number of carbonyl (C=O) groups excluding carboxylic acids is 1. The van der Waals surface area contributed by atoms with E-state index in [0.29, 0.717) is 12.2 Å². The fourth-order valence-corrected chi connectivity index (χ4v) is 3.30. The smallest absolute Gasteiger partial charge is 0.226 e. The Morgan fingerprint density at radius 1 is 1.07 bits per heavy atom. The fraction of sp³-hybridized carbons (Fsp3) is 0.130. The Hall–Kier alpha value is -3.60. The number of hydrogen-bond acceptors (Lipinski definition) is 3. The molecule has 0 aliphatic rings. The number of nitrogens with zero attached hydrogens (tertiary/aromatic N) is 2. The van der Waals surface area contributed by atoms with Gasteiger partial charge >= 0.3 is 0 Å². The number of anilines is 1. The predicted octanol–water partition coefficient (Wildman–Crippen LogP) is 5.07. The van der Waals surface area contributed by atoms with Crippen LogP contribution in [0.4, 0.5) is 5.69 Å². The molecule has 28 heavy (non-hydrogen) atoms. The van der Waals surface area contributed by atoms with Crippen LogP contribution in [0.1, 0.15) is 23.6 Å². The second-order valence-corrected chi connectivity index (χ2v) is 6.77. The first-order chi connectivity index (χ1) is 13.7. The molecule has 4 rings (SSSR count). The molecular weight excluding hydrogens is 350 g/mol. The summed E-state index contributed by atoms with van der Waals surface area (Å²) in [6.45, 7) is 2.06. The second-order valence-electron chi connectivity index (χ2n) is 6.77. The van der Waals surface area contributed by atoms with Gasteiger partial charge in [-0.05, 0) is 48.9 Å². The molecule has 0 spiro atoms. The summed E-state index contributed by atoms with van der Waals surface area (Å²) < 4.78 is 7.22. The lowest BCUT2D eigenvalue weighted by atomic mass is 10.0. The number of aromatic nitrogens is 2. The highest BCUT2D eigenvalue weighted by atomic mass is 16.5. The van der Waals surface area contributed by atoms with Crippen LogP contribution in [0.15, 0.2) is 89.8 Å². The van der Waals surface area contributed by atoms with Crippen molar-refractivity contribution in [1.29, 1.82) is 0 Å². The van der Waals surface area contributed by atoms with Crippen molar-refractivity contribution < 1.29 is 9.32 Å². The third-order valence-electron chi connectivity index (χ3n) is 4.68. The quantitative estimate of drug-likeness (QED) is 0.515. The molecule has 1 atom stereocenters. The van der Waals surface area contributed by atoms with E-state index in [-0.39, 0.29) is 11.9 Å². The molecule has 0 aliphatic carbocycles. The molecule has 1 N–H and O–H groups in total. The van der Waals surface area contributed by atoms with E-state index in [9.17, 15) is 4.79 Å². The van der Waals surface area contributed by atoms with Crippen molar-refractivity contribution in [2.45, 2.75) is 19.4 Å². The van der Waals surface area contributed by atoms with E-state index in [1.807, 2.05) is 54.9 Å². The molecule has 0 saturated heterocycles. The van der Waals surface area contributed by atoms with Gasteiger partial charge in [0.15, 0.2) is 5.76 Å². The maximum absolute atomic E-state index is 12.7. The first-order valence-corrected chi connectivity index (χ1v) is 9.19. The van der Waals surface area contributed by atoms with Crippen molar-refractivity contribution in [2.24, 2.45) is 0 Å². The van der Waals surface area contributed by atoms with Gasteiger partial charge in [0.25, 0.3) is 0 Å². The Morgan fingerprint density at radius 3 is 2.54 bits per heavy atom. The average molecular weight is 371 g/mol. The van der Waals surface area contributed by atoms with Gasteiger partial charge in [-0.15, -0.1) is 0 Å². The Bertz CT molecular complexity index is 1040. The van der Waals surface area contributed by atoms with E-state index in [0.717, 1.165) is 16.8 Å². The number of nitrogens with one attached hydrogen (secondary N) is 1. The van der Waals surface area contributed by atoms with Gasteiger partial charge in [-0.3, -0.25) is 4.79 Å². The molecule has 0 fully saturated rings. The molecule has 0 unspecified atom stereocenters. The lowest BCUT2D eigenvalue weighted by Crippen LogP contribution is -2.19. The van der Waals surface area contributed by atoms with Crippen LogP contribution in [-0.2, 0) is 4.79 Å². The lowest BCUT2D eigenvalue weighted by molar-refractivity contribution is -0.116. The van der Waals surface area contributed by atoms with E-state index in [1.54, 1.807) is 12.3 Å². The summed E-state index contributed by atoms with van der Waals surface area (Å²) in [5.41, 5.74) is 3.97. The predicted molar refractivity (Wildman–Crippen MR) is 109 cm³/mol. The number of aryl methyl sites for hydroxylation is 1. The summed E-state index contributed by atoms with van der Waals surface area (Å²) in [4.78, 5) is 12.7. The lowest BCUT2D eigenvalue weighted by Gasteiger charge is -2.20. The van der Waals surface area contributed by atoms with Gasteiger partial charge in [0, 0.05) is 29.7 Å². The Balaban J connectivity index is 1.49. The van der Waals surface area contributed by atoms with Crippen molar-refractivity contribution in [3.05, 3.63) is 96.4 Å². The number of hydrogen-bond donors (Lipinski definition) is 1. The van der Waals surface area contributed by atoms with E-state index in [2.05, 4.69) is 40.2 Å². The zero-order chi connectivity index (χ0) is 19.3. The molecule has 5 heteroatoms. The highest BCUT2D eigenvalue weighted by molar-refractivity contribution is 5.91. The van der Waals surface area contributed by atoms with Crippen LogP contribution >= 0.6 is 0 Å². The number of carbonyl (C=O) groups is 1. The van der Waals surface area contributed by atoms with Gasteiger partial charge in [-0.25, -0.2) is 0 Å². The van der Waals surface area contributed by atoms with E-state index in [4.69, 9.17) is 4.52 Å². The molecule has 5 nitrogen and oxygen atoms in total. The van der Waals surface area contributed by atoms with Gasteiger partial charge in [0.05, 0.1) is 18.7 Å². The molecule has 0 radical (unpaired) electrons.